The Balaban J connectivity index is 2.07. The number of nitrogens with one attached hydrogen (secondary N) is 1. The van der Waals surface area contributed by atoms with Gasteiger partial charge in [0.1, 0.15) is 17.3 Å². The maximum atomic E-state index is 13.2. The van der Waals surface area contributed by atoms with Gasteiger partial charge in [-0.1, -0.05) is 12.1 Å². The van der Waals surface area contributed by atoms with Crippen molar-refractivity contribution in [2.24, 2.45) is 0 Å². The average molecular weight is 261 g/mol. The van der Waals surface area contributed by atoms with Crippen molar-refractivity contribution >= 4 is 5.69 Å². The molecule has 0 saturated heterocycles. The van der Waals surface area contributed by atoms with E-state index in [-0.39, 0.29) is 5.82 Å². The summed E-state index contributed by atoms with van der Waals surface area (Å²) in [6.45, 7) is 0.587. The minimum atomic E-state index is -0.293. The zero-order valence-electron chi connectivity index (χ0n) is 10.9. The van der Waals surface area contributed by atoms with Crippen LogP contribution < -0.4 is 14.8 Å². The van der Waals surface area contributed by atoms with Gasteiger partial charge in [-0.3, -0.25) is 0 Å². The van der Waals surface area contributed by atoms with Crippen molar-refractivity contribution in [3.8, 4) is 11.5 Å². The molecule has 2 aromatic carbocycles. The number of methoxy groups -OCH3 is 2. The van der Waals surface area contributed by atoms with Gasteiger partial charge in [0, 0.05) is 12.6 Å². The van der Waals surface area contributed by atoms with Crippen LogP contribution in [0.25, 0.3) is 0 Å². The smallest absolute Gasteiger partial charge is 0.142 e. The van der Waals surface area contributed by atoms with Crippen LogP contribution in [0.15, 0.2) is 42.5 Å². The van der Waals surface area contributed by atoms with E-state index in [9.17, 15) is 4.39 Å². The number of ether oxygens (including phenoxy) is 2. The van der Waals surface area contributed by atoms with Crippen LogP contribution in [0.3, 0.4) is 0 Å². The van der Waals surface area contributed by atoms with E-state index in [0.29, 0.717) is 18.0 Å². The molecule has 0 amide bonds. The largest absolute Gasteiger partial charge is 0.497 e. The van der Waals surface area contributed by atoms with Crippen LogP contribution in [0.4, 0.5) is 10.1 Å². The van der Waals surface area contributed by atoms with Crippen molar-refractivity contribution < 1.29 is 13.9 Å². The van der Waals surface area contributed by atoms with Crippen LogP contribution in [-0.2, 0) is 6.54 Å². The highest BCUT2D eigenvalue weighted by atomic mass is 19.1. The van der Waals surface area contributed by atoms with Crippen molar-refractivity contribution in [1.82, 2.24) is 0 Å². The van der Waals surface area contributed by atoms with Gasteiger partial charge < -0.3 is 14.8 Å². The van der Waals surface area contributed by atoms with Crippen LogP contribution in [0, 0.1) is 5.82 Å². The summed E-state index contributed by atoms with van der Waals surface area (Å²) in [5, 5.41) is 3.15. The van der Waals surface area contributed by atoms with Crippen LogP contribution in [0.2, 0.25) is 0 Å². The van der Waals surface area contributed by atoms with Gasteiger partial charge in [0.25, 0.3) is 0 Å². The zero-order chi connectivity index (χ0) is 13.7. The normalized spacial score (nSPS) is 10.1. The molecule has 4 heteroatoms. The van der Waals surface area contributed by atoms with Gasteiger partial charge in [-0.05, 0) is 29.8 Å². The van der Waals surface area contributed by atoms with Crippen LogP contribution in [-0.4, -0.2) is 14.2 Å². The summed E-state index contributed by atoms with van der Waals surface area (Å²) in [5.41, 5.74) is 1.71. The fraction of sp³-hybridized carbons (Fsp3) is 0.200. The third-order valence-electron chi connectivity index (χ3n) is 2.80. The molecule has 0 heterocycles. The molecule has 2 aromatic rings. The monoisotopic (exact) mass is 261 g/mol. The summed E-state index contributed by atoms with van der Waals surface area (Å²) >= 11 is 0. The topological polar surface area (TPSA) is 30.5 Å². The SMILES string of the molecule is COc1ccc(CNc2cc(F)ccc2OC)cc1. The number of hydrogen-bond acceptors (Lipinski definition) is 3. The van der Waals surface area contributed by atoms with Crippen molar-refractivity contribution in [3.05, 3.63) is 53.8 Å². The molecule has 100 valence electrons. The molecule has 3 nitrogen and oxygen atoms in total. The third kappa shape index (κ3) is 3.37. The van der Waals surface area contributed by atoms with Gasteiger partial charge in [0.15, 0.2) is 0 Å². The van der Waals surface area contributed by atoms with E-state index in [4.69, 9.17) is 9.47 Å². The van der Waals surface area contributed by atoms with E-state index in [0.717, 1.165) is 11.3 Å². The lowest BCUT2D eigenvalue weighted by atomic mass is 10.2. The number of hydrogen-bond donors (Lipinski definition) is 1. The summed E-state index contributed by atoms with van der Waals surface area (Å²) in [7, 11) is 3.19. The number of rotatable bonds is 5. The highest BCUT2D eigenvalue weighted by Gasteiger charge is 2.04. The molecular formula is C15H16FNO2. The first-order valence-electron chi connectivity index (χ1n) is 5.93. The number of halogens is 1. The predicted molar refractivity (Wildman–Crippen MR) is 73.3 cm³/mol. The summed E-state index contributed by atoms with van der Waals surface area (Å²) in [4.78, 5) is 0. The fourth-order valence-corrected chi connectivity index (χ4v) is 1.76. The van der Waals surface area contributed by atoms with Crippen molar-refractivity contribution in [3.63, 3.8) is 0 Å². The fourth-order valence-electron chi connectivity index (χ4n) is 1.76. The Bertz CT molecular complexity index is 540. The number of anilines is 1. The van der Waals surface area contributed by atoms with Crippen LogP contribution in [0.5, 0.6) is 11.5 Å². The Labute approximate surface area is 112 Å². The summed E-state index contributed by atoms with van der Waals surface area (Å²) in [5.74, 6) is 1.14. The molecule has 0 bridgehead atoms. The second-order valence-electron chi connectivity index (χ2n) is 4.05. The quantitative estimate of drug-likeness (QED) is 0.894. The Morgan fingerprint density at radius 3 is 2.37 bits per heavy atom. The van der Waals surface area contributed by atoms with Gasteiger partial charge in [0.05, 0.1) is 19.9 Å². The molecule has 1 N–H and O–H groups in total. The summed E-state index contributed by atoms with van der Waals surface area (Å²) < 4.78 is 23.5. The predicted octanol–water partition coefficient (Wildman–Crippen LogP) is 3.46. The molecule has 0 fully saturated rings. The molecule has 0 radical (unpaired) electrons. The van der Waals surface area contributed by atoms with Crippen molar-refractivity contribution in [1.29, 1.82) is 0 Å². The van der Waals surface area contributed by atoms with Gasteiger partial charge in [-0.25, -0.2) is 4.39 Å². The first-order valence-corrected chi connectivity index (χ1v) is 5.93. The minimum Gasteiger partial charge on any atom is -0.497 e. The Morgan fingerprint density at radius 2 is 1.74 bits per heavy atom. The Hall–Kier alpha value is -2.23. The van der Waals surface area contributed by atoms with Gasteiger partial charge in [0.2, 0.25) is 0 Å². The molecule has 2 rings (SSSR count). The van der Waals surface area contributed by atoms with Gasteiger partial charge in [-0.15, -0.1) is 0 Å². The first kappa shape index (κ1) is 13.2. The van der Waals surface area contributed by atoms with Crippen molar-refractivity contribution in [2.75, 3.05) is 19.5 Å². The highest BCUT2D eigenvalue weighted by molar-refractivity contribution is 5.56. The zero-order valence-corrected chi connectivity index (χ0v) is 10.9. The molecule has 0 atom stereocenters. The molecule has 0 aromatic heterocycles. The van der Waals surface area contributed by atoms with E-state index in [1.807, 2.05) is 24.3 Å². The Kier molecular flexibility index (Phi) is 4.23. The summed E-state index contributed by atoms with van der Waals surface area (Å²) in [6, 6.07) is 12.1. The maximum absolute atomic E-state index is 13.2. The second kappa shape index (κ2) is 6.09. The van der Waals surface area contributed by atoms with Crippen molar-refractivity contribution in [2.45, 2.75) is 6.54 Å². The molecular weight excluding hydrogens is 245 g/mol. The maximum Gasteiger partial charge on any atom is 0.142 e. The Morgan fingerprint density at radius 1 is 1.00 bits per heavy atom. The van der Waals surface area contributed by atoms with Gasteiger partial charge >= 0.3 is 0 Å². The molecule has 0 aliphatic rings. The lowest BCUT2D eigenvalue weighted by Crippen LogP contribution is -2.01. The lowest BCUT2D eigenvalue weighted by molar-refractivity contribution is 0.414. The molecule has 0 aliphatic carbocycles. The third-order valence-corrected chi connectivity index (χ3v) is 2.80. The summed E-state index contributed by atoms with van der Waals surface area (Å²) in [6.07, 6.45) is 0. The molecule has 0 aliphatic heterocycles. The van der Waals surface area contributed by atoms with Crippen LogP contribution >= 0.6 is 0 Å². The van der Waals surface area contributed by atoms with Gasteiger partial charge in [-0.2, -0.15) is 0 Å². The lowest BCUT2D eigenvalue weighted by Gasteiger charge is -2.11. The van der Waals surface area contributed by atoms with E-state index < -0.39 is 0 Å². The molecule has 0 saturated carbocycles. The molecule has 0 spiro atoms. The van der Waals surface area contributed by atoms with E-state index >= 15 is 0 Å². The average Bonchev–Trinajstić information content (AvgIpc) is 2.46. The first-order chi connectivity index (χ1) is 9.22. The van der Waals surface area contributed by atoms with E-state index in [2.05, 4.69) is 5.32 Å². The minimum absolute atomic E-state index is 0.293. The van der Waals surface area contributed by atoms with E-state index in [1.165, 1.54) is 12.1 Å². The number of benzene rings is 2. The molecule has 0 unspecified atom stereocenters. The van der Waals surface area contributed by atoms with E-state index in [1.54, 1.807) is 20.3 Å². The standard InChI is InChI=1S/C15H16FNO2/c1-18-13-6-3-11(4-7-13)10-17-14-9-12(16)5-8-15(14)19-2/h3-9,17H,10H2,1-2H3. The second-order valence-corrected chi connectivity index (χ2v) is 4.05. The van der Waals surface area contributed by atoms with Crippen LogP contribution in [0.1, 0.15) is 5.56 Å². The molecule has 19 heavy (non-hydrogen) atoms. The highest BCUT2D eigenvalue weighted by Crippen LogP contribution is 2.25.